The van der Waals surface area contributed by atoms with Gasteiger partial charge in [0.15, 0.2) is 0 Å². The number of hydrogen-bond donors (Lipinski definition) is 1. The van der Waals surface area contributed by atoms with Gasteiger partial charge in [0.25, 0.3) is 5.91 Å². The van der Waals surface area contributed by atoms with Crippen molar-refractivity contribution in [3.8, 4) is 5.75 Å². The monoisotopic (exact) mass is 454 g/mol. The Kier molecular flexibility index (Phi) is 6.15. The third-order valence-electron chi connectivity index (χ3n) is 4.12. The number of halogens is 1. The topological polar surface area (TPSA) is 84.9 Å². The molecule has 3 rings (SSSR count). The molecule has 1 saturated heterocycles. The van der Waals surface area contributed by atoms with Gasteiger partial charge in [0.05, 0.1) is 20.3 Å². The molecule has 1 fully saturated rings. The molecule has 1 N–H and O–H groups in total. The molecule has 2 aromatic carbocycles. The van der Waals surface area contributed by atoms with Crippen LogP contribution in [0.25, 0.3) is 0 Å². The number of morpholine rings is 1. The van der Waals surface area contributed by atoms with Gasteiger partial charge < -0.3 is 14.8 Å². The van der Waals surface area contributed by atoms with E-state index in [-0.39, 0.29) is 29.6 Å². The molecule has 27 heavy (non-hydrogen) atoms. The lowest BCUT2D eigenvalue weighted by Crippen LogP contribution is -2.40. The molecule has 1 aliphatic rings. The number of amides is 1. The summed E-state index contributed by atoms with van der Waals surface area (Å²) in [5.74, 6) is -0.106. The fourth-order valence-electron chi connectivity index (χ4n) is 2.69. The van der Waals surface area contributed by atoms with Gasteiger partial charge in [-0.1, -0.05) is 15.9 Å². The second kappa shape index (κ2) is 8.39. The summed E-state index contributed by atoms with van der Waals surface area (Å²) in [7, 11) is -2.35. The van der Waals surface area contributed by atoms with Crippen LogP contribution in [-0.2, 0) is 14.8 Å². The van der Waals surface area contributed by atoms with E-state index in [9.17, 15) is 13.2 Å². The molecule has 0 aromatic heterocycles. The van der Waals surface area contributed by atoms with Crippen LogP contribution < -0.4 is 10.1 Å². The summed E-state index contributed by atoms with van der Waals surface area (Å²) in [6, 6.07) is 11.4. The molecule has 0 aliphatic carbocycles. The van der Waals surface area contributed by atoms with Crippen LogP contribution >= 0.6 is 15.9 Å². The first-order chi connectivity index (χ1) is 12.9. The molecule has 1 heterocycles. The molecule has 7 nitrogen and oxygen atoms in total. The summed E-state index contributed by atoms with van der Waals surface area (Å²) in [4.78, 5) is 12.4. The minimum atomic E-state index is -3.76. The molecule has 0 atom stereocenters. The Labute approximate surface area is 166 Å². The maximum atomic E-state index is 13.0. The number of hydrogen-bond acceptors (Lipinski definition) is 5. The zero-order valence-corrected chi connectivity index (χ0v) is 17.0. The normalized spacial score (nSPS) is 15.3. The van der Waals surface area contributed by atoms with Gasteiger partial charge >= 0.3 is 0 Å². The van der Waals surface area contributed by atoms with Gasteiger partial charge in [-0.05, 0) is 42.5 Å². The van der Waals surface area contributed by atoms with E-state index in [1.165, 1.54) is 23.5 Å². The summed E-state index contributed by atoms with van der Waals surface area (Å²) < 4.78 is 38.6. The third kappa shape index (κ3) is 4.49. The maximum absolute atomic E-state index is 13.0. The van der Waals surface area contributed by atoms with Crippen LogP contribution in [0.3, 0.4) is 0 Å². The number of nitrogens with one attached hydrogen (secondary N) is 1. The van der Waals surface area contributed by atoms with Crippen molar-refractivity contribution in [3.63, 3.8) is 0 Å². The number of nitrogens with zero attached hydrogens (tertiary/aromatic N) is 1. The van der Waals surface area contributed by atoms with Gasteiger partial charge in [-0.15, -0.1) is 0 Å². The highest BCUT2D eigenvalue weighted by Crippen LogP contribution is 2.30. The highest BCUT2D eigenvalue weighted by Gasteiger charge is 2.29. The first kappa shape index (κ1) is 19.8. The fourth-order valence-corrected chi connectivity index (χ4v) is 4.54. The number of methoxy groups -OCH3 is 1. The summed E-state index contributed by atoms with van der Waals surface area (Å²) >= 11 is 3.32. The Bertz CT molecular complexity index is 925. The standard InChI is InChI=1S/C18H19BrN2O5S/c1-25-16-7-6-15(20-18(22)13-2-4-14(19)5-3-13)12-17(16)27(23,24)21-8-10-26-11-9-21/h2-7,12H,8-11H2,1H3,(H,20,22). The number of benzene rings is 2. The first-order valence-corrected chi connectivity index (χ1v) is 10.5. The number of ether oxygens (including phenoxy) is 2. The number of anilines is 1. The number of rotatable bonds is 5. The van der Waals surface area contributed by atoms with Crippen LogP contribution in [-0.4, -0.2) is 52.0 Å². The Morgan fingerprint density at radius 2 is 1.81 bits per heavy atom. The van der Waals surface area contributed by atoms with Crippen molar-refractivity contribution < 1.29 is 22.7 Å². The van der Waals surface area contributed by atoms with Crippen molar-refractivity contribution in [2.75, 3.05) is 38.7 Å². The Morgan fingerprint density at radius 3 is 2.44 bits per heavy atom. The highest BCUT2D eigenvalue weighted by molar-refractivity contribution is 9.10. The van der Waals surface area contributed by atoms with Crippen LogP contribution in [0.5, 0.6) is 5.75 Å². The molecule has 9 heteroatoms. The maximum Gasteiger partial charge on any atom is 0.255 e. The van der Waals surface area contributed by atoms with Crippen molar-refractivity contribution in [2.45, 2.75) is 4.90 Å². The fraction of sp³-hybridized carbons (Fsp3) is 0.278. The third-order valence-corrected chi connectivity index (χ3v) is 6.56. The quantitative estimate of drug-likeness (QED) is 0.750. The zero-order chi connectivity index (χ0) is 19.4. The van der Waals surface area contributed by atoms with Crippen LogP contribution in [0.15, 0.2) is 51.8 Å². The van der Waals surface area contributed by atoms with E-state index in [4.69, 9.17) is 9.47 Å². The van der Waals surface area contributed by atoms with Crippen molar-refractivity contribution in [2.24, 2.45) is 0 Å². The summed E-state index contributed by atoms with van der Waals surface area (Å²) in [5.41, 5.74) is 0.835. The van der Waals surface area contributed by atoms with Gasteiger partial charge in [-0.2, -0.15) is 4.31 Å². The molecular formula is C18H19BrN2O5S. The van der Waals surface area contributed by atoms with Crippen LogP contribution in [0.2, 0.25) is 0 Å². The Balaban J connectivity index is 1.89. The van der Waals surface area contributed by atoms with Crippen molar-refractivity contribution in [3.05, 3.63) is 52.5 Å². The summed E-state index contributed by atoms with van der Waals surface area (Å²) in [6.45, 7) is 1.25. The van der Waals surface area contributed by atoms with Gasteiger partial charge in [0, 0.05) is 28.8 Å². The van der Waals surface area contributed by atoms with Gasteiger partial charge in [0.1, 0.15) is 10.6 Å². The molecule has 0 saturated carbocycles. The van der Waals surface area contributed by atoms with E-state index >= 15 is 0 Å². The molecule has 0 radical (unpaired) electrons. The molecule has 1 aliphatic heterocycles. The lowest BCUT2D eigenvalue weighted by molar-refractivity contribution is 0.0729. The van der Waals surface area contributed by atoms with Gasteiger partial charge in [0.2, 0.25) is 10.0 Å². The van der Waals surface area contributed by atoms with Gasteiger partial charge in [-0.3, -0.25) is 4.79 Å². The minimum Gasteiger partial charge on any atom is -0.495 e. The van der Waals surface area contributed by atoms with E-state index in [1.54, 1.807) is 30.3 Å². The van der Waals surface area contributed by atoms with E-state index in [0.29, 0.717) is 24.5 Å². The smallest absolute Gasteiger partial charge is 0.255 e. The lowest BCUT2D eigenvalue weighted by Gasteiger charge is -2.26. The number of carbonyl (C=O) groups excluding carboxylic acids is 1. The second-order valence-electron chi connectivity index (χ2n) is 5.84. The SMILES string of the molecule is COc1ccc(NC(=O)c2ccc(Br)cc2)cc1S(=O)(=O)N1CCOCC1. The predicted octanol–water partition coefficient (Wildman–Crippen LogP) is 2.73. The number of carbonyl (C=O) groups is 1. The Morgan fingerprint density at radius 1 is 1.15 bits per heavy atom. The van der Waals surface area contributed by atoms with Crippen LogP contribution in [0, 0.1) is 0 Å². The zero-order valence-electron chi connectivity index (χ0n) is 14.6. The highest BCUT2D eigenvalue weighted by atomic mass is 79.9. The van der Waals surface area contributed by atoms with E-state index in [2.05, 4.69) is 21.2 Å². The van der Waals surface area contributed by atoms with Crippen molar-refractivity contribution in [1.82, 2.24) is 4.31 Å². The van der Waals surface area contributed by atoms with Crippen LogP contribution in [0.4, 0.5) is 5.69 Å². The molecule has 0 unspecified atom stereocenters. The lowest BCUT2D eigenvalue weighted by atomic mass is 10.2. The number of sulfonamides is 1. The molecule has 144 valence electrons. The van der Waals surface area contributed by atoms with E-state index in [1.807, 2.05) is 0 Å². The molecule has 1 amide bonds. The molecular weight excluding hydrogens is 436 g/mol. The van der Waals surface area contributed by atoms with E-state index < -0.39 is 10.0 Å². The average molecular weight is 455 g/mol. The summed E-state index contributed by atoms with van der Waals surface area (Å²) in [6.07, 6.45) is 0. The summed E-state index contributed by atoms with van der Waals surface area (Å²) in [5, 5.41) is 2.73. The van der Waals surface area contributed by atoms with Crippen LogP contribution in [0.1, 0.15) is 10.4 Å². The average Bonchev–Trinajstić information content (AvgIpc) is 2.69. The van der Waals surface area contributed by atoms with Gasteiger partial charge in [-0.25, -0.2) is 8.42 Å². The predicted molar refractivity (Wildman–Crippen MR) is 105 cm³/mol. The van der Waals surface area contributed by atoms with Crippen molar-refractivity contribution >= 4 is 37.5 Å². The molecule has 0 spiro atoms. The Hall–Kier alpha value is -1.94. The molecule has 0 bridgehead atoms. The largest absolute Gasteiger partial charge is 0.495 e. The van der Waals surface area contributed by atoms with E-state index in [0.717, 1.165) is 4.47 Å². The molecule has 2 aromatic rings. The second-order valence-corrected chi connectivity index (χ2v) is 8.67. The van der Waals surface area contributed by atoms with Crippen molar-refractivity contribution in [1.29, 1.82) is 0 Å². The minimum absolute atomic E-state index is 0.0144. The first-order valence-electron chi connectivity index (χ1n) is 8.24.